The van der Waals surface area contributed by atoms with E-state index in [1.54, 1.807) is 12.1 Å². The van der Waals surface area contributed by atoms with Crippen molar-refractivity contribution in [2.45, 2.75) is 33.1 Å². The van der Waals surface area contributed by atoms with Gasteiger partial charge in [0.2, 0.25) is 5.91 Å². The number of nitrogens with one attached hydrogen (secondary N) is 2. The van der Waals surface area contributed by atoms with Crippen molar-refractivity contribution in [3.05, 3.63) is 46.8 Å². The van der Waals surface area contributed by atoms with Gasteiger partial charge in [0.1, 0.15) is 5.75 Å². The molecule has 1 aromatic carbocycles. The summed E-state index contributed by atoms with van der Waals surface area (Å²) in [6.07, 6.45) is 1.94. The molecule has 2 aromatic rings. The predicted molar refractivity (Wildman–Crippen MR) is 81.2 cm³/mol. The van der Waals surface area contributed by atoms with Gasteiger partial charge >= 0.3 is 0 Å². The second-order valence-corrected chi connectivity index (χ2v) is 5.18. The summed E-state index contributed by atoms with van der Waals surface area (Å²) in [5, 5.41) is 19.2. The molecule has 0 aliphatic rings. The number of hydrogen-bond acceptors (Lipinski definition) is 3. The second kappa shape index (κ2) is 6.92. The van der Waals surface area contributed by atoms with Crippen LogP contribution >= 0.6 is 0 Å². The minimum atomic E-state index is 0.0498. The van der Waals surface area contributed by atoms with E-state index in [1.165, 1.54) is 0 Å². The van der Waals surface area contributed by atoms with Crippen LogP contribution in [0.3, 0.4) is 0 Å². The van der Waals surface area contributed by atoms with Crippen molar-refractivity contribution in [3.8, 4) is 5.75 Å². The number of hydrogen-bond donors (Lipinski definition) is 3. The topological polar surface area (TPSA) is 78.0 Å². The van der Waals surface area contributed by atoms with Crippen LogP contribution in [-0.4, -0.2) is 27.8 Å². The number of aromatic amines is 1. The van der Waals surface area contributed by atoms with Crippen molar-refractivity contribution in [2.24, 2.45) is 0 Å². The van der Waals surface area contributed by atoms with Crippen LogP contribution in [0.2, 0.25) is 0 Å². The highest BCUT2D eigenvalue weighted by Crippen LogP contribution is 2.12. The van der Waals surface area contributed by atoms with Crippen molar-refractivity contribution in [1.82, 2.24) is 15.5 Å². The van der Waals surface area contributed by atoms with Gasteiger partial charge in [-0.1, -0.05) is 12.1 Å². The van der Waals surface area contributed by atoms with E-state index in [0.717, 1.165) is 28.9 Å². The fourth-order valence-corrected chi connectivity index (χ4v) is 2.28. The summed E-state index contributed by atoms with van der Waals surface area (Å²) < 4.78 is 0. The fraction of sp³-hybridized carbons (Fsp3) is 0.375. The van der Waals surface area contributed by atoms with E-state index >= 15 is 0 Å². The normalized spacial score (nSPS) is 10.6. The molecule has 5 nitrogen and oxygen atoms in total. The highest BCUT2D eigenvalue weighted by molar-refractivity contribution is 5.76. The molecule has 0 aliphatic carbocycles. The number of rotatable bonds is 6. The quantitative estimate of drug-likeness (QED) is 0.760. The second-order valence-electron chi connectivity index (χ2n) is 5.18. The zero-order valence-electron chi connectivity index (χ0n) is 12.4. The van der Waals surface area contributed by atoms with Crippen molar-refractivity contribution >= 4 is 5.91 Å². The molecule has 0 spiro atoms. The van der Waals surface area contributed by atoms with Gasteiger partial charge in [-0.15, -0.1) is 0 Å². The van der Waals surface area contributed by atoms with Gasteiger partial charge in [-0.25, -0.2) is 0 Å². The van der Waals surface area contributed by atoms with Crippen LogP contribution in [0, 0.1) is 13.8 Å². The number of benzene rings is 1. The summed E-state index contributed by atoms with van der Waals surface area (Å²) >= 11 is 0. The molecule has 5 heteroatoms. The summed E-state index contributed by atoms with van der Waals surface area (Å²) in [6.45, 7) is 4.52. The van der Waals surface area contributed by atoms with Crippen molar-refractivity contribution in [2.75, 3.05) is 6.54 Å². The molecule has 0 unspecified atom stereocenters. The summed E-state index contributed by atoms with van der Waals surface area (Å²) in [5.74, 6) is 0.308. The molecule has 2 rings (SSSR count). The van der Waals surface area contributed by atoms with Gasteiger partial charge in [-0.05, 0) is 49.9 Å². The third kappa shape index (κ3) is 4.34. The van der Waals surface area contributed by atoms with Crippen LogP contribution in [0.5, 0.6) is 5.75 Å². The zero-order valence-corrected chi connectivity index (χ0v) is 12.4. The SMILES string of the molecule is Cc1n[nH]c(C)c1CCC(=O)NCCc1ccc(O)cc1. The number of carbonyl (C=O) groups excluding carboxylic acids is 1. The number of carbonyl (C=O) groups is 1. The first kappa shape index (κ1) is 15.1. The first-order valence-corrected chi connectivity index (χ1v) is 7.11. The minimum Gasteiger partial charge on any atom is -0.508 e. The van der Waals surface area contributed by atoms with E-state index in [9.17, 15) is 9.90 Å². The van der Waals surface area contributed by atoms with E-state index in [2.05, 4.69) is 15.5 Å². The zero-order chi connectivity index (χ0) is 15.2. The first-order valence-electron chi connectivity index (χ1n) is 7.11. The lowest BCUT2D eigenvalue weighted by Crippen LogP contribution is -2.25. The molecule has 1 amide bonds. The molecular weight excluding hydrogens is 266 g/mol. The van der Waals surface area contributed by atoms with Crippen molar-refractivity contribution in [1.29, 1.82) is 0 Å². The van der Waals surface area contributed by atoms with E-state index in [4.69, 9.17) is 0 Å². The Morgan fingerprint density at radius 1 is 1.24 bits per heavy atom. The first-order chi connectivity index (χ1) is 10.1. The van der Waals surface area contributed by atoms with E-state index in [1.807, 2.05) is 26.0 Å². The Morgan fingerprint density at radius 2 is 1.95 bits per heavy atom. The summed E-state index contributed by atoms with van der Waals surface area (Å²) in [6, 6.07) is 7.03. The van der Waals surface area contributed by atoms with Gasteiger partial charge in [0.25, 0.3) is 0 Å². The molecule has 1 aromatic heterocycles. The summed E-state index contributed by atoms with van der Waals surface area (Å²) in [7, 11) is 0. The number of phenols is 1. The minimum absolute atomic E-state index is 0.0498. The predicted octanol–water partition coefficient (Wildman–Crippen LogP) is 2.02. The van der Waals surface area contributed by atoms with Gasteiger partial charge in [0.05, 0.1) is 5.69 Å². The Bertz CT molecular complexity index is 583. The molecule has 0 saturated heterocycles. The maximum absolute atomic E-state index is 11.8. The maximum atomic E-state index is 11.8. The molecule has 0 radical (unpaired) electrons. The molecule has 21 heavy (non-hydrogen) atoms. The number of aryl methyl sites for hydroxylation is 2. The Morgan fingerprint density at radius 3 is 2.57 bits per heavy atom. The van der Waals surface area contributed by atoms with Crippen molar-refractivity contribution in [3.63, 3.8) is 0 Å². The maximum Gasteiger partial charge on any atom is 0.220 e. The Hall–Kier alpha value is -2.30. The van der Waals surface area contributed by atoms with E-state index < -0.39 is 0 Å². The highest BCUT2D eigenvalue weighted by atomic mass is 16.3. The molecule has 3 N–H and O–H groups in total. The molecule has 0 saturated carbocycles. The Balaban J connectivity index is 1.71. The lowest BCUT2D eigenvalue weighted by atomic mass is 10.1. The molecule has 1 heterocycles. The molecule has 0 aliphatic heterocycles. The number of H-pyrrole nitrogens is 1. The van der Waals surface area contributed by atoms with Crippen LogP contribution in [0.25, 0.3) is 0 Å². The average molecular weight is 287 g/mol. The lowest BCUT2D eigenvalue weighted by Gasteiger charge is -2.06. The lowest BCUT2D eigenvalue weighted by molar-refractivity contribution is -0.121. The third-order valence-electron chi connectivity index (χ3n) is 3.55. The fourth-order valence-electron chi connectivity index (χ4n) is 2.28. The smallest absolute Gasteiger partial charge is 0.220 e. The largest absolute Gasteiger partial charge is 0.508 e. The van der Waals surface area contributed by atoms with Crippen LogP contribution < -0.4 is 5.32 Å². The van der Waals surface area contributed by atoms with Crippen LogP contribution in [0.1, 0.15) is 28.9 Å². The Labute approximate surface area is 124 Å². The molecule has 0 atom stereocenters. The number of nitrogens with zero attached hydrogens (tertiary/aromatic N) is 1. The van der Waals surface area contributed by atoms with E-state index in [0.29, 0.717) is 19.4 Å². The highest BCUT2D eigenvalue weighted by Gasteiger charge is 2.08. The van der Waals surface area contributed by atoms with Gasteiger partial charge < -0.3 is 10.4 Å². The summed E-state index contributed by atoms with van der Waals surface area (Å²) in [5.41, 5.74) is 4.21. The average Bonchev–Trinajstić information content (AvgIpc) is 2.78. The van der Waals surface area contributed by atoms with Gasteiger partial charge in [-0.3, -0.25) is 9.89 Å². The van der Waals surface area contributed by atoms with Crippen molar-refractivity contribution < 1.29 is 9.90 Å². The summed E-state index contributed by atoms with van der Waals surface area (Å²) in [4.78, 5) is 11.8. The number of aromatic nitrogens is 2. The number of amides is 1. The number of aromatic hydroxyl groups is 1. The molecular formula is C16H21N3O2. The Kier molecular flexibility index (Phi) is 4.98. The van der Waals surface area contributed by atoms with Gasteiger partial charge in [0, 0.05) is 18.7 Å². The monoisotopic (exact) mass is 287 g/mol. The van der Waals surface area contributed by atoms with E-state index in [-0.39, 0.29) is 11.7 Å². The molecule has 0 bridgehead atoms. The standard InChI is InChI=1S/C16H21N3O2/c1-11-15(12(2)19-18-11)7-8-16(21)17-10-9-13-3-5-14(20)6-4-13/h3-6,20H,7-10H2,1-2H3,(H,17,21)(H,18,19). The number of phenolic OH excluding ortho intramolecular Hbond substituents is 1. The molecule has 0 fully saturated rings. The molecule has 112 valence electrons. The van der Waals surface area contributed by atoms with Crippen LogP contribution in [0.4, 0.5) is 0 Å². The van der Waals surface area contributed by atoms with Crippen LogP contribution in [-0.2, 0) is 17.6 Å². The van der Waals surface area contributed by atoms with Gasteiger partial charge in [-0.2, -0.15) is 5.10 Å². The third-order valence-corrected chi connectivity index (χ3v) is 3.55. The van der Waals surface area contributed by atoms with Gasteiger partial charge in [0.15, 0.2) is 0 Å². The van der Waals surface area contributed by atoms with Crippen LogP contribution in [0.15, 0.2) is 24.3 Å².